The monoisotopic (exact) mass is 273 g/mol. The van der Waals surface area contributed by atoms with Gasteiger partial charge in [-0.3, -0.25) is 4.90 Å². The molecule has 0 aromatic heterocycles. The fraction of sp³-hybridized carbons (Fsp3) is 0.857. The Morgan fingerprint density at radius 3 is 2.16 bits per heavy atom. The van der Waals surface area contributed by atoms with Crippen LogP contribution in [0.4, 0.5) is 4.79 Å². The lowest BCUT2D eigenvalue weighted by Crippen LogP contribution is -2.44. The third-order valence-electron chi connectivity index (χ3n) is 2.85. The highest BCUT2D eigenvalue weighted by Gasteiger charge is 2.27. The Balaban J connectivity index is 4.47. The van der Waals surface area contributed by atoms with Crippen molar-refractivity contribution in [1.82, 2.24) is 4.90 Å². The largest absolute Gasteiger partial charge is 0.464 e. The first kappa shape index (κ1) is 17.7. The van der Waals surface area contributed by atoms with Gasteiger partial charge in [-0.25, -0.2) is 9.59 Å². The Bertz CT molecular complexity index is 268. The van der Waals surface area contributed by atoms with Crippen LogP contribution in [0.3, 0.4) is 0 Å². The third-order valence-corrected chi connectivity index (χ3v) is 2.85. The van der Waals surface area contributed by atoms with Crippen LogP contribution in [0.5, 0.6) is 0 Å². The minimum atomic E-state index is -0.597. The van der Waals surface area contributed by atoms with Crippen LogP contribution in [0.25, 0.3) is 0 Å². The number of ether oxygens (including phenoxy) is 2. The zero-order valence-electron chi connectivity index (χ0n) is 12.6. The Kier molecular flexibility index (Phi) is 9.94. The van der Waals surface area contributed by atoms with E-state index in [9.17, 15) is 9.59 Å². The second kappa shape index (κ2) is 10.6. The quantitative estimate of drug-likeness (QED) is 0.478. The number of hydrogen-bond acceptors (Lipinski definition) is 4. The highest BCUT2D eigenvalue weighted by atomic mass is 16.6. The van der Waals surface area contributed by atoms with Crippen molar-refractivity contribution in [2.75, 3.05) is 19.8 Å². The average Bonchev–Trinajstić information content (AvgIpc) is 2.38. The molecule has 0 fully saturated rings. The maximum absolute atomic E-state index is 11.9. The minimum Gasteiger partial charge on any atom is -0.464 e. The fourth-order valence-corrected chi connectivity index (χ4v) is 1.75. The van der Waals surface area contributed by atoms with Gasteiger partial charge in [0.1, 0.15) is 6.04 Å². The number of nitrogens with zero attached hydrogens (tertiary/aromatic N) is 1. The molecule has 0 saturated carbocycles. The van der Waals surface area contributed by atoms with E-state index in [0.717, 1.165) is 25.7 Å². The number of rotatable bonds is 9. The molecule has 0 N–H and O–H groups in total. The predicted molar refractivity (Wildman–Crippen MR) is 74.0 cm³/mol. The van der Waals surface area contributed by atoms with Gasteiger partial charge in [0.15, 0.2) is 0 Å². The van der Waals surface area contributed by atoms with Crippen LogP contribution in [-0.4, -0.2) is 42.8 Å². The van der Waals surface area contributed by atoms with Crippen LogP contribution < -0.4 is 0 Å². The van der Waals surface area contributed by atoms with Crippen LogP contribution >= 0.6 is 0 Å². The van der Waals surface area contributed by atoms with Crippen molar-refractivity contribution in [2.45, 2.75) is 59.4 Å². The Morgan fingerprint density at radius 1 is 1.00 bits per heavy atom. The minimum absolute atomic E-state index is 0.305. The number of amides is 1. The molecule has 0 aromatic rings. The molecule has 5 heteroatoms. The summed E-state index contributed by atoms with van der Waals surface area (Å²) in [4.78, 5) is 25.0. The summed E-state index contributed by atoms with van der Waals surface area (Å²) in [6.07, 6.45) is 3.73. The van der Waals surface area contributed by atoms with E-state index in [1.54, 1.807) is 20.8 Å². The summed E-state index contributed by atoms with van der Waals surface area (Å²) in [7, 11) is 0. The van der Waals surface area contributed by atoms with Crippen LogP contribution in [0, 0.1) is 0 Å². The maximum Gasteiger partial charge on any atom is 0.410 e. The molecular formula is C14H27NO4. The van der Waals surface area contributed by atoms with Crippen LogP contribution in [0.1, 0.15) is 53.4 Å². The number of esters is 1. The van der Waals surface area contributed by atoms with Gasteiger partial charge in [0, 0.05) is 6.54 Å². The molecule has 0 bridgehead atoms. The smallest absolute Gasteiger partial charge is 0.410 e. The average molecular weight is 273 g/mol. The molecular weight excluding hydrogens is 246 g/mol. The van der Waals surface area contributed by atoms with Gasteiger partial charge in [-0.05, 0) is 27.2 Å². The lowest BCUT2D eigenvalue weighted by atomic mass is 10.2. The number of hydrogen-bond donors (Lipinski definition) is 0. The second-order valence-corrected chi connectivity index (χ2v) is 4.38. The Morgan fingerprint density at radius 2 is 1.63 bits per heavy atom. The van der Waals surface area contributed by atoms with Gasteiger partial charge in [-0.2, -0.15) is 0 Å². The molecule has 0 heterocycles. The first-order valence-electron chi connectivity index (χ1n) is 7.18. The highest BCUT2D eigenvalue weighted by molar-refractivity contribution is 5.81. The van der Waals surface area contributed by atoms with Crippen molar-refractivity contribution < 1.29 is 19.1 Å². The Labute approximate surface area is 116 Å². The van der Waals surface area contributed by atoms with E-state index >= 15 is 0 Å². The van der Waals surface area contributed by atoms with Gasteiger partial charge < -0.3 is 9.47 Å². The fourth-order valence-electron chi connectivity index (χ4n) is 1.75. The van der Waals surface area contributed by atoms with Crippen molar-refractivity contribution in [3.8, 4) is 0 Å². The van der Waals surface area contributed by atoms with Gasteiger partial charge in [0.05, 0.1) is 13.2 Å². The molecule has 0 aliphatic heterocycles. The lowest BCUT2D eigenvalue weighted by Gasteiger charge is -2.26. The molecule has 0 radical (unpaired) electrons. The molecule has 19 heavy (non-hydrogen) atoms. The third kappa shape index (κ3) is 7.03. The zero-order valence-corrected chi connectivity index (χ0v) is 12.6. The van der Waals surface area contributed by atoms with Gasteiger partial charge in [0.2, 0.25) is 0 Å². The van der Waals surface area contributed by atoms with E-state index in [-0.39, 0.29) is 5.97 Å². The molecule has 0 spiro atoms. The van der Waals surface area contributed by atoms with Crippen LogP contribution in [0.2, 0.25) is 0 Å². The molecule has 0 rings (SSSR count). The topological polar surface area (TPSA) is 55.8 Å². The number of carbonyl (C=O) groups excluding carboxylic acids is 2. The van der Waals surface area contributed by atoms with Crippen molar-refractivity contribution in [2.24, 2.45) is 0 Å². The van der Waals surface area contributed by atoms with E-state index in [1.165, 1.54) is 4.90 Å². The van der Waals surface area contributed by atoms with Crippen molar-refractivity contribution in [3.05, 3.63) is 0 Å². The van der Waals surface area contributed by atoms with Gasteiger partial charge in [-0.1, -0.05) is 26.2 Å². The molecule has 0 saturated heterocycles. The summed E-state index contributed by atoms with van der Waals surface area (Å²) in [5.74, 6) is -0.383. The van der Waals surface area contributed by atoms with Crippen LogP contribution in [-0.2, 0) is 14.3 Å². The van der Waals surface area contributed by atoms with Gasteiger partial charge >= 0.3 is 12.1 Å². The predicted octanol–water partition coefficient (Wildman–Crippen LogP) is 2.98. The van der Waals surface area contributed by atoms with E-state index in [4.69, 9.17) is 9.47 Å². The molecule has 1 atom stereocenters. The van der Waals surface area contributed by atoms with E-state index < -0.39 is 12.1 Å². The summed E-state index contributed by atoms with van der Waals surface area (Å²) in [5.41, 5.74) is 0. The first-order valence-corrected chi connectivity index (χ1v) is 7.18. The van der Waals surface area contributed by atoms with Crippen molar-refractivity contribution in [1.29, 1.82) is 0 Å². The molecule has 0 aliphatic carbocycles. The standard InChI is InChI=1S/C14H27NO4/c1-5-8-9-10-11-15(14(17)19-7-3)12(4)13(16)18-6-2/h12H,5-11H2,1-4H3. The SMILES string of the molecule is CCCCCCN(C(=O)OCC)C(C)C(=O)OCC. The number of unbranched alkanes of at least 4 members (excludes halogenated alkanes) is 3. The van der Waals surface area contributed by atoms with Crippen LogP contribution in [0.15, 0.2) is 0 Å². The molecule has 112 valence electrons. The first-order chi connectivity index (χ1) is 9.08. The molecule has 0 aliphatic rings. The second-order valence-electron chi connectivity index (χ2n) is 4.38. The summed E-state index contributed by atoms with van der Waals surface area (Å²) in [6, 6.07) is -0.597. The molecule has 1 amide bonds. The molecule has 1 unspecified atom stereocenters. The summed E-state index contributed by atoms with van der Waals surface area (Å²) >= 11 is 0. The van der Waals surface area contributed by atoms with Gasteiger partial charge in [-0.15, -0.1) is 0 Å². The summed E-state index contributed by atoms with van der Waals surface area (Å²) in [6.45, 7) is 8.45. The molecule has 5 nitrogen and oxygen atoms in total. The summed E-state index contributed by atoms with van der Waals surface area (Å²) in [5, 5.41) is 0. The molecule has 0 aromatic carbocycles. The van der Waals surface area contributed by atoms with Gasteiger partial charge in [0.25, 0.3) is 0 Å². The number of carbonyl (C=O) groups is 2. The van der Waals surface area contributed by atoms with Crippen molar-refractivity contribution in [3.63, 3.8) is 0 Å². The van der Waals surface area contributed by atoms with Crippen molar-refractivity contribution >= 4 is 12.1 Å². The van der Waals surface area contributed by atoms with E-state index in [0.29, 0.717) is 19.8 Å². The highest BCUT2D eigenvalue weighted by Crippen LogP contribution is 2.09. The van der Waals surface area contributed by atoms with E-state index in [2.05, 4.69) is 6.92 Å². The normalized spacial score (nSPS) is 11.8. The zero-order chi connectivity index (χ0) is 14.7. The Hall–Kier alpha value is -1.26. The maximum atomic E-state index is 11.9. The van der Waals surface area contributed by atoms with E-state index in [1.807, 2.05) is 0 Å². The lowest BCUT2D eigenvalue weighted by molar-refractivity contribution is -0.148. The summed E-state index contributed by atoms with van der Waals surface area (Å²) < 4.78 is 9.94.